The number of fused-ring (bicyclic) bond motifs is 1. The van der Waals surface area contributed by atoms with E-state index in [1.165, 1.54) is 10.7 Å². The molecular formula is C16H17F3N4O3. The number of aliphatic carboxylic acids is 1. The average Bonchev–Trinajstić information content (AvgIpc) is 3.08. The quantitative estimate of drug-likeness (QED) is 0.873. The summed E-state index contributed by atoms with van der Waals surface area (Å²) >= 11 is 0. The number of carbonyl (C=O) groups excluding carboxylic acids is 1. The fourth-order valence-electron chi connectivity index (χ4n) is 3.46. The van der Waals surface area contributed by atoms with Crippen molar-refractivity contribution in [3.63, 3.8) is 0 Å². The molecule has 0 unspecified atom stereocenters. The molecule has 0 aromatic carbocycles. The van der Waals surface area contributed by atoms with Crippen LogP contribution in [-0.4, -0.2) is 55.9 Å². The molecule has 140 valence electrons. The van der Waals surface area contributed by atoms with Crippen LogP contribution in [0.2, 0.25) is 0 Å². The molecule has 0 bridgehead atoms. The van der Waals surface area contributed by atoms with Gasteiger partial charge in [-0.05, 0) is 19.9 Å². The molecule has 3 heterocycles. The van der Waals surface area contributed by atoms with Crippen molar-refractivity contribution in [2.45, 2.75) is 20.0 Å². The summed E-state index contributed by atoms with van der Waals surface area (Å²) in [5, 5.41) is 13.8. The summed E-state index contributed by atoms with van der Waals surface area (Å²) in [5.74, 6) is -5.96. The van der Waals surface area contributed by atoms with Gasteiger partial charge in [0.25, 0.3) is 5.91 Å². The highest BCUT2D eigenvalue weighted by Gasteiger charge is 2.53. The van der Waals surface area contributed by atoms with E-state index < -0.39 is 43.0 Å². The van der Waals surface area contributed by atoms with Crippen LogP contribution in [0.1, 0.15) is 21.7 Å². The molecule has 0 aliphatic carbocycles. The van der Waals surface area contributed by atoms with Crippen LogP contribution in [0.3, 0.4) is 0 Å². The van der Waals surface area contributed by atoms with E-state index in [-0.39, 0.29) is 5.56 Å². The highest BCUT2D eigenvalue weighted by atomic mass is 19.4. The zero-order valence-corrected chi connectivity index (χ0v) is 14.3. The smallest absolute Gasteiger partial charge is 0.394 e. The fraction of sp³-hybridized carbons (Fsp3) is 0.500. The minimum absolute atomic E-state index is 0.185. The van der Waals surface area contributed by atoms with Crippen molar-refractivity contribution < 1.29 is 27.9 Å². The molecule has 0 spiro atoms. The number of likely N-dealkylation sites (tertiary alicyclic amines) is 1. The van der Waals surface area contributed by atoms with Gasteiger partial charge in [0.1, 0.15) is 0 Å². The van der Waals surface area contributed by atoms with Gasteiger partial charge in [0.05, 0.1) is 28.5 Å². The second-order valence-electron chi connectivity index (χ2n) is 6.52. The molecule has 1 saturated heterocycles. The number of aryl methyl sites for hydroxylation is 3. The predicted molar refractivity (Wildman–Crippen MR) is 84.6 cm³/mol. The molecule has 10 heteroatoms. The number of hydrogen-bond donors (Lipinski definition) is 1. The number of pyridine rings is 1. The number of amides is 1. The number of alkyl halides is 3. The Kier molecular flexibility index (Phi) is 4.16. The number of aromatic nitrogens is 3. The van der Waals surface area contributed by atoms with Gasteiger partial charge >= 0.3 is 12.1 Å². The second-order valence-corrected chi connectivity index (χ2v) is 6.52. The van der Waals surface area contributed by atoms with Crippen LogP contribution in [0.25, 0.3) is 11.0 Å². The Morgan fingerprint density at radius 2 is 1.92 bits per heavy atom. The molecule has 0 saturated carbocycles. The third-order valence-electron chi connectivity index (χ3n) is 4.67. The molecule has 2 atom stereocenters. The van der Waals surface area contributed by atoms with Gasteiger partial charge < -0.3 is 10.0 Å². The van der Waals surface area contributed by atoms with Crippen molar-refractivity contribution in [3.8, 4) is 0 Å². The Morgan fingerprint density at radius 3 is 2.46 bits per heavy atom. The summed E-state index contributed by atoms with van der Waals surface area (Å²) in [5.41, 5.74) is 1.68. The number of nitrogens with zero attached hydrogens (tertiary/aromatic N) is 4. The number of carboxylic acid groups (broad SMARTS) is 1. The first-order valence-corrected chi connectivity index (χ1v) is 7.90. The maximum absolute atomic E-state index is 13.2. The third kappa shape index (κ3) is 2.89. The van der Waals surface area contributed by atoms with E-state index in [9.17, 15) is 22.8 Å². The SMILES string of the molecule is Cc1cc(C(=O)N2C[C@@H](C(F)(F)F)[C@H](C(=O)O)C2)c2c(C)nn(C)c2n1. The molecule has 1 aliphatic heterocycles. The summed E-state index contributed by atoms with van der Waals surface area (Å²) in [7, 11) is 1.66. The zero-order chi connectivity index (χ0) is 19.4. The van der Waals surface area contributed by atoms with Crippen LogP contribution in [0, 0.1) is 25.7 Å². The Labute approximate surface area is 146 Å². The van der Waals surface area contributed by atoms with Crippen molar-refractivity contribution in [1.82, 2.24) is 19.7 Å². The van der Waals surface area contributed by atoms with Crippen molar-refractivity contribution in [1.29, 1.82) is 0 Å². The lowest BCUT2D eigenvalue weighted by Gasteiger charge is -2.19. The first-order valence-electron chi connectivity index (χ1n) is 7.90. The van der Waals surface area contributed by atoms with E-state index >= 15 is 0 Å². The van der Waals surface area contributed by atoms with Gasteiger partial charge in [0, 0.05) is 25.8 Å². The molecule has 0 radical (unpaired) electrons. The molecule has 7 nitrogen and oxygen atoms in total. The summed E-state index contributed by atoms with van der Waals surface area (Å²) in [6.45, 7) is 2.18. The number of hydrogen-bond acceptors (Lipinski definition) is 4. The van der Waals surface area contributed by atoms with Gasteiger partial charge in [-0.15, -0.1) is 0 Å². The fourth-order valence-corrected chi connectivity index (χ4v) is 3.46. The van der Waals surface area contributed by atoms with Crippen LogP contribution in [0.15, 0.2) is 6.07 Å². The van der Waals surface area contributed by atoms with Crippen LogP contribution in [0.4, 0.5) is 13.2 Å². The maximum Gasteiger partial charge on any atom is 0.394 e. The number of rotatable bonds is 2. The largest absolute Gasteiger partial charge is 0.481 e. The predicted octanol–water partition coefficient (Wildman–Crippen LogP) is 1.92. The highest BCUT2D eigenvalue weighted by Crippen LogP contribution is 2.38. The summed E-state index contributed by atoms with van der Waals surface area (Å²) in [6, 6.07) is 1.50. The zero-order valence-electron chi connectivity index (χ0n) is 14.3. The molecule has 1 N–H and O–H groups in total. The Morgan fingerprint density at radius 1 is 1.27 bits per heavy atom. The number of carboxylic acids is 1. The first-order chi connectivity index (χ1) is 12.0. The van der Waals surface area contributed by atoms with Crippen molar-refractivity contribution >= 4 is 22.9 Å². The lowest BCUT2D eigenvalue weighted by molar-refractivity contribution is -0.187. The van der Waals surface area contributed by atoms with Gasteiger partial charge in [-0.1, -0.05) is 0 Å². The third-order valence-corrected chi connectivity index (χ3v) is 4.67. The summed E-state index contributed by atoms with van der Waals surface area (Å²) < 4.78 is 41.0. The average molecular weight is 370 g/mol. The van der Waals surface area contributed by atoms with Crippen molar-refractivity contribution in [2.24, 2.45) is 18.9 Å². The van der Waals surface area contributed by atoms with Gasteiger partial charge in [0.15, 0.2) is 5.65 Å². The first kappa shape index (κ1) is 18.2. The Hall–Kier alpha value is -2.65. The van der Waals surface area contributed by atoms with E-state index in [4.69, 9.17) is 5.11 Å². The lowest BCUT2D eigenvalue weighted by atomic mass is 9.96. The van der Waals surface area contributed by atoms with Crippen molar-refractivity contribution in [3.05, 3.63) is 23.0 Å². The molecular weight excluding hydrogens is 353 g/mol. The van der Waals surface area contributed by atoms with Gasteiger partial charge in [-0.3, -0.25) is 14.3 Å². The minimum Gasteiger partial charge on any atom is -0.481 e. The van der Waals surface area contributed by atoms with Gasteiger partial charge in [0.2, 0.25) is 0 Å². The Bertz CT molecular complexity index is 906. The topological polar surface area (TPSA) is 88.3 Å². The van der Waals surface area contributed by atoms with Crippen LogP contribution < -0.4 is 0 Å². The number of carbonyl (C=O) groups is 2. The van der Waals surface area contributed by atoms with Crippen LogP contribution >= 0.6 is 0 Å². The lowest BCUT2D eigenvalue weighted by Crippen LogP contribution is -2.34. The molecule has 1 aliphatic rings. The van der Waals surface area contributed by atoms with E-state index in [0.717, 1.165) is 4.90 Å². The minimum atomic E-state index is -4.69. The standard InChI is InChI=1S/C16H17F3N4O3/c1-7-4-9(12-8(2)21-22(3)13(12)20-7)14(24)23-5-10(15(25)26)11(6-23)16(17,18)19/h4,10-11H,5-6H2,1-3H3,(H,25,26)/t10-,11-/m1/s1. The summed E-state index contributed by atoms with van der Waals surface area (Å²) in [4.78, 5) is 29.4. The monoisotopic (exact) mass is 370 g/mol. The van der Waals surface area contributed by atoms with Gasteiger partial charge in [-0.2, -0.15) is 18.3 Å². The van der Waals surface area contributed by atoms with Crippen LogP contribution in [0.5, 0.6) is 0 Å². The second kappa shape index (κ2) is 5.96. The number of halogens is 3. The van der Waals surface area contributed by atoms with E-state index in [1.807, 2.05) is 0 Å². The molecule has 1 fully saturated rings. The molecule has 1 amide bonds. The van der Waals surface area contributed by atoms with E-state index in [2.05, 4.69) is 10.1 Å². The highest BCUT2D eigenvalue weighted by molar-refractivity contribution is 6.06. The maximum atomic E-state index is 13.2. The van der Waals surface area contributed by atoms with Gasteiger partial charge in [-0.25, -0.2) is 4.98 Å². The normalized spacial score (nSPS) is 20.8. The van der Waals surface area contributed by atoms with Crippen molar-refractivity contribution in [2.75, 3.05) is 13.1 Å². The molecule has 2 aromatic rings. The van der Waals surface area contributed by atoms with Crippen LogP contribution in [-0.2, 0) is 11.8 Å². The Balaban J connectivity index is 2.03. The molecule has 3 rings (SSSR count). The van der Waals surface area contributed by atoms with E-state index in [0.29, 0.717) is 22.4 Å². The van der Waals surface area contributed by atoms with E-state index in [1.54, 1.807) is 20.9 Å². The molecule has 26 heavy (non-hydrogen) atoms. The summed E-state index contributed by atoms with van der Waals surface area (Å²) in [6.07, 6.45) is -4.69. The molecule has 2 aromatic heterocycles.